The first kappa shape index (κ1) is 28.8. The van der Waals surface area contributed by atoms with Gasteiger partial charge in [-0.15, -0.1) is 23.5 Å². The van der Waals surface area contributed by atoms with Crippen molar-refractivity contribution in [3.05, 3.63) is 95.1 Å². The molecular weight excluding hydrogens is 533 g/mol. The molecule has 1 N–H and O–H groups in total. The van der Waals surface area contributed by atoms with Crippen LogP contribution in [0.4, 0.5) is 27.6 Å². The van der Waals surface area contributed by atoms with Crippen molar-refractivity contribution in [3.63, 3.8) is 0 Å². The molecule has 0 spiro atoms. The van der Waals surface area contributed by atoms with Crippen LogP contribution >= 0.6 is 23.5 Å². The summed E-state index contributed by atoms with van der Waals surface area (Å²) in [6.07, 6.45) is 1.76. The number of halogens is 5. The molecule has 38 heavy (non-hydrogen) atoms. The minimum absolute atomic E-state index is 0.0232. The number of nitrogens with one attached hydrogen (secondary N) is 1. The molecule has 204 valence electrons. The second kappa shape index (κ2) is 13.2. The van der Waals surface area contributed by atoms with Gasteiger partial charge in [0.2, 0.25) is 0 Å². The van der Waals surface area contributed by atoms with Gasteiger partial charge in [0, 0.05) is 28.3 Å². The van der Waals surface area contributed by atoms with Gasteiger partial charge in [0.25, 0.3) is 0 Å². The van der Waals surface area contributed by atoms with E-state index in [9.17, 15) is 17.6 Å². The van der Waals surface area contributed by atoms with Crippen molar-refractivity contribution in [1.29, 1.82) is 0 Å². The number of hydrogen-bond acceptors (Lipinski definition) is 3. The van der Waals surface area contributed by atoms with E-state index in [2.05, 4.69) is 5.32 Å². The molecule has 1 nitrogen and oxygen atoms in total. The van der Waals surface area contributed by atoms with Gasteiger partial charge in [-0.25, -0.2) is 8.78 Å². The lowest BCUT2D eigenvalue weighted by Crippen LogP contribution is -2.20. The van der Waals surface area contributed by atoms with Gasteiger partial charge in [0.1, 0.15) is 11.6 Å². The van der Waals surface area contributed by atoms with Crippen LogP contribution in [0.3, 0.4) is 0 Å². The maximum Gasteiger partial charge on any atom is 0.416 e. The normalized spacial score (nSPS) is 16.3. The van der Waals surface area contributed by atoms with Crippen LogP contribution in [0.5, 0.6) is 0 Å². The van der Waals surface area contributed by atoms with Gasteiger partial charge in [-0.3, -0.25) is 0 Å². The molecule has 0 amide bonds. The summed E-state index contributed by atoms with van der Waals surface area (Å²) in [6.45, 7) is 2.36. The Balaban J connectivity index is 1.60. The van der Waals surface area contributed by atoms with Crippen LogP contribution < -0.4 is 5.32 Å². The lowest BCUT2D eigenvalue weighted by Gasteiger charge is -2.29. The molecule has 0 saturated heterocycles. The number of hydrogen-bond donors (Lipinski definition) is 1. The summed E-state index contributed by atoms with van der Waals surface area (Å²) in [5.74, 6) is -1.52. The van der Waals surface area contributed by atoms with Crippen molar-refractivity contribution in [3.8, 4) is 0 Å². The number of aryl methyl sites for hydroxylation is 1. The van der Waals surface area contributed by atoms with E-state index >= 15 is 4.39 Å². The highest BCUT2D eigenvalue weighted by molar-refractivity contribution is 8.17. The zero-order valence-electron chi connectivity index (χ0n) is 21.2. The molecule has 0 bridgehead atoms. The first-order chi connectivity index (χ1) is 18.2. The van der Waals surface area contributed by atoms with Crippen molar-refractivity contribution >= 4 is 29.2 Å². The van der Waals surface area contributed by atoms with Crippen LogP contribution in [0.1, 0.15) is 61.1 Å². The summed E-state index contributed by atoms with van der Waals surface area (Å²) in [7, 11) is 0. The SMILES string of the molecule is Cc1ccc(NCC(CC(Sc2ccc(F)cc2)SC2CCCCC2)c2ccc(C(F)(F)F)cc2F)cc1. The second-order valence-corrected chi connectivity index (χ2v) is 12.9. The van der Waals surface area contributed by atoms with Gasteiger partial charge in [-0.2, -0.15) is 13.2 Å². The fraction of sp³-hybridized carbons (Fsp3) is 0.400. The summed E-state index contributed by atoms with van der Waals surface area (Å²) in [5, 5.41) is 3.84. The van der Waals surface area contributed by atoms with Crippen molar-refractivity contribution in [2.75, 3.05) is 11.9 Å². The summed E-state index contributed by atoms with van der Waals surface area (Å²) >= 11 is 3.48. The third kappa shape index (κ3) is 8.40. The number of anilines is 1. The molecule has 4 rings (SSSR count). The second-order valence-electron chi connectivity index (χ2n) is 9.81. The van der Waals surface area contributed by atoms with Crippen molar-refractivity contribution in [2.24, 2.45) is 0 Å². The molecule has 2 unspecified atom stereocenters. The quantitative estimate of drug-likeness (QED) is 0.149. The highest BCUT2D eigenvalue weighted by Gasteiger charge is 2.32. The van der Waals surface area contributed by atoms with E-state index < -0.39 is 17.6 Å². The predicted octanol–water partition coefficient (Wildman–Crippen LogP) is 10.1. The molecule has 0 heterocycles. The first-order valence-corrected chi connectivity index (χ1v) is 14.7. The fourth-order valence-corrected chi connectivity index (χ4v) is 8.04. The molecule has 3 aromatic carbocycles. The van der Waals surface area contributed by atoms with Crippen molar-refractivity contribution < 1.29 is 22.0 Å². The topological polar surface area (TPSA) is 12.0 Å². The van der Waals surface area contributed by atoms with Crippen LogP contribution in [0.15, 0.2) is 71.6 Å². The minimum atomic E-state index is -4.60. The summed E-state index contributed by atoms with van der Waals surface area (Å²) in [4.78, 5) is 0.915. The molecule has 1 fully saturated rings. The van der Waals surface area contributed by atoms with Gasteiger partial charge in [-0.1, -0.05) is 43.0 Å². The zero-order chi connectivity index (χ0) is 27.1. The lowest BCUT2D eigenvalue weighted by atomic mass is 9.94. The maximum atomic E-state index is 15.2. The molecule has 8 heteroatoms. The van der Waals surface area contributed by atoms with Crippen LogP contribution in [-0.2, 0) is 6.18 Å². The Morgan fingerprint density at radius 1 is 0.895 bits per heavy atom. The Labute approximate surface area is 230 Å². The largest absolute Gasteiger partial charge is 0.416 e. The minimum Gasteiger partial charge on any atom is -0.384 e. The smallest absolute Gasteiger partial charge is 0.384 e. The third-order valence-electron chi connectivity index (χ3n) is 6.83. The monoisotopic (exact) mass is 565 g/mol. The lowest BCUT2D eigenvalue weighted by molar-refractivity contribution is -0.137. The number of rotatable bonds is 10. The molecule has 1 saturated carbocycles. The van der Waals surface area contributed by atoms with Crippen LogP contribution in [0.2, 0.25) is 0 Å². The van der Waals surface area contributed by atoms with Gasteiger partial charge >= 0.3 is 6.18 Å². The molecule has 3 aromatic rings. The Kier molecular flexibility index (Phi) is 10.0. The standard InChI is InChI=1S/C30H32F5NS2/c1-20-7-12-24(13-8-20)36-19-21(27-16-9-22(18-28(27)32)30(33,34)35)17-29(37-25-5-3-2-4-6-25)38-26-14-10-23(31)11-15-26/h7-16,18,21,25,29,36H,2-6,17,19H2,1H3. The van der Waals surface area contributed by atoms with E-state index in [1.165, 1.54) is 37.5 Å². The molecule has 1 aliphatic carbocycles. The molecule has 0 aromatic heterocycles. The Morgan fingerprint density at radius 3 is 2.21 bits per heavy atom. The molecule has 1 aliphatic rings. The van der Waals surface area contributed by atoms with Crippen LogP contribution in [0, 0.1) is 18.6 Å². The van der Waals surface area contributed by atoms with Gasteiger partial charge in [0.05, 0.1) is 10.1 Å². The van der Waals surface area contributed by atoms with E-state index in [-0.39, 0.29) is 21.9 Å². The van der Waals surface area contributed by atoms with E-state index in [1.54, 1.807) is 23.9 Å². The van der Waals surface area contributed by atoms with Crippen LogP contribution in [0.25, 0.3) is 0 Å². The summed E-state index contributed by atoms with van der Waals surface area (Å²) in [6, 6.07) is 17.0. The van der Waals surface area contributed by atoms with E-state index in [1.807, 2.05) is 43.0 Å². The Hall–Kier alpha value is -2.19. The molecule has 2 atom stereocenters. The number of benzene rings is 3. The maximum absolute atomic E-state index is 15.2. The average molecular weight is 566 g/mol. The van der Waals surface area contributed by atoms with Crippen molar-refractivity contribution in [2.45, 2.75) is 72.3 Å². The summed E-state index contributed by atoms with van der Waals surface area (Å²) in [5.41, 5.74) is 1.26. The number of alkyl halides is 3. The van der Waals surface area contributed by atoms with Crippen molar-refractivity contribution in [1.82, 2.24) is 0 Å². The van der Waals surface area contributed by atoms with E-state index in [0.717, 1.165) is 35.1 Å². The Bertz CT molecular complexity index is 1160. The van der Waals surface area contributed by atoms with Gasteiger partial charge in [0.15, 0.2) is 0 Å². The third-order valence-corrected chi connectivity index (χ3v) is 9.80. The van der Waals surface area contributed by atoms with E-state index in [4.69, 9.17) is 0 Å². The Morgan fingerprint density at radius 2 is 1.58 bits per heavy atom. The zero-order valence-corrected chi connectivity index (χ0v) is 22.9. The molecule has 0 radical (unpaired) electrons. The average Bonchev–Trinajstić information content (AvgIpc) is 2.89. The van der Waals surface area contributed by atoms with E-state index in [0.29, 0.717) is 24.3 Å². The van der Waals surface area contributed by atoms with Gasteiger partial charge in [-0.05, 0) is 80.3 Å². The van der Waals surface area contributed by atoms with Crippen LogP contribution in [-0.4, -0.2) is 16.4 Å². The number of thioether (sulfide) groups is 2. The predicted molar refractivity (Wildman–Crippen MR) is 149 cm³/mol. The fourth-order valence-electron chi connectivity index (χ4n) is 4.71. The highest BCUT2D eigenvalue weighted by Crippen LogP contribution is 2.43. The molecular formula is C30H32F5NS2. The summed E-state index contributed by atoms with van der Waals surface area (Å²) < 4.78 is 68.5. The van der Waals surface area contributed by atoms with Gasteiger partial charge < -0.3 is 5.32 Å². The highest BCUT2D eigenvalue weighted by atomic mass is 32.2. The molecule has 0 aliphatic heterocycles. The first-order valence-electron chi connectivity index (χ1n) is 12.9.